The molecular formula is C15H24O. The first kappa shape index (κ1) is 13.2. The minimum Gasteiger partial charge on any atom is -0.396 e. The van der Waals surface area contributed by atoms with Crippen molar-refractivity contribution >= 4 is 0 Å². The van der Waals surface area contributed by atoms with E-state index in [0.717, 1.165) is 6.42 Å². The van der Waals surface area contributed by atoms with Gasteiger partial charge in [0, 0.05) is 6.61 Å². The molecule has 16 heavy (non-hydrogen) atoms. The van der Waals surface area contributed by atoms with Crippen LogP contribution in [0.3, 0.4) is 0 Å². The van der Waals surface area contributed by atoms with Crippen molar-refractivity contribution in [3.8, 4) is 0 Å². The molecule has 0 bridgehead atoms. The van der Waals surface area contributed by atoms with E-state index < -0.39 is 0 Å². The van der Waals surface area contributed by atoms with Gasteiger partial charge in [-0.3, -0.25) is 0 Å². The standard InChI is InChI=1S/C15H24O/c1-12(9-13(2)11-16)10-14(3)15-7-5-4-6-8-15/h4-8,12-14,16H,9-11H2,1-3H3/t12-,13+,14-/m0/s1. The fraction of sp³-hybridized carbons (Fsp3) is 0.600. The molecule has 0 aliphatic rings. The van der Waals surface area contributed by atoms with Gasteiger partial charge in [-0.25, -0.2) is 0 Å². The Hall–Kier alpha value is -0.820. The quantitative estimate of drug-likeness (QED) is 0.772. The van der Waals surface area contributed by atoms with Crippen LogP contribution in [0.15, 0.2) is 30.3 Å². The maximum absolute atomic E-state index is 9.03. The van der Waals surface area contributed by atoms with Gasteiger partial charge in [0.25, 0.3) is 0 Å². The largest absolute Gasteiger partial charge is 0.396 e. The Kier molecular flexibility index (Phi) is 5.54. The number of hydrogen-bond donors (Lipinski definition) is 1. The van der Waals surface area contributed by atoms with Crippen LogP contribution >= 0.6 is 0 Å². The fourth-order valence-electron chi connectivity index (χ4n) is 2.38. The Bertz CT molecular complexity index is 281. The first-order valence-electron chi connectivity index (χ1n) is 6.29. The van der Waals surface area contributed by atoms with Gasteiger partial charge in [0.15, 0.2) is 0 Å². The smallest absolute Gasteiger partial charge is 0.0456 e. The molecule has 1 rings (SSSR count). The van der Waals surface area contributed by atoms with Crippen LogP contribution in [-0.4, -0.2) is 11.7 Å². The molecule has 1 nitrogen and oxygen atoms in total. The molecule has 3 atom stereocenters. The molecule has 0 fully saturated rings. The average molecular weight is 220 g/mol. The Labute approximate surface area is 99.5 Å². The third-order valence-corrected chi connectivity index (χ3v) is 3.24. The van der Waals surface area contributed by atoms with Crippen molar-refractivity contribution in [3.63, 3.8) is 0 Å². The van der Waals surface area contributed by atoms with Gasteiger partial charge in [-0.15, -0.1) is 0 Å². The lowest BCUT2D eigenvalue weighted by molar-refractivity contribution is 0.211. The van der Waals surface area contributed by atoms with Gasteiger partial charge in [-0.05, 0) is 36.2 Å². The molecule has 0 saturated heterocycles. The van der Waals surface area contributed by atoms with Crippen LogP contribution < -0.4 is 0 Å². The van der Waals surface area contributed by atoms with Gasteiger partial charge in [0.1, 0.15) is 0 Å². The number of hydrogen-bond acceptors (Lipinski definition) is 1. The molecule has 0 aliphatic heterocycles. The number of aliphatic hydroxyl groups excluding tert-OH is 1. The summed E-state index contributed by atoms with van der Waals surface area (Å²) < 4.78 is 0. The summed E-state index contributed by atoms with van der Waals surface area (Å²) in [5.41, 5.74) is 1.42. The summed E-state index contributed by atoms with van der Waals surface area (Å²) in [6.45, 7) is 6.99. The first-order chi connectivity index (χ1) is 7.63. The van der Waals surface area contributed by atoms with Gasteiger partial charge in [-0.2, -0.15) is 0 Å². The molecule has 1 N–H and O–H groups in total. The van der Waals surface area contributed by atoms with Gasteiger partial charge < -0.3 is 5.11 Å². The molecule has 1 aromatic carbocycles. The highest BCUT2D eigenvalue weighted by atomic mass is 16.3. The van der Waals surface area contributed by atoms with Crippen LogP contribution in [0, 0.1) is 11.8 Å². The second-order valence-corrected chi connectivity index (χ2v) is 5.18. The van der Waals surface area contributed by atoms with E-state index in [4.69, 9.17) is 5.11 Å². The third-order valence-electron chi connectivity index (χ3n) is 3.24. The first-order valence-corrected chi connectivity index (χ1v) is 6.29. The van der Waals surface area contributed by atoms with E-state index >= 15 is 0 Å². The van der Waals surface area contributed by atoms with Crippen molar-refractivity contribution in [2.45, 2.75) is 39.5 Å². The fourth-order valence-corrected chi connectivity index (χ4v) is 2.38. The molecule has 0 amide bonds. The average Bonchev–Trinajstić information content (AvgIpc) is 2.29. The van der Waals surface area contributed by atoms with Crippen LogP contribution in [0.1, 0.15) is 45.1 Å². The molecule has 0 heterocycles. The summed E-state index contributed by atoms with van der Waals surface area (Å²) in [6, 6.07) is 10.7. The second-order valence-electron chi connectivity index (χ2n) is 5.18. The van der Waals surface area contributed by atoms with Crippen LogP contribution in [0.4, 0.5) is 0 Å². The summed E-state index contributed by atoms with van der Waals surface area (Å²) in [5.74, 6) is 1.72. The third kappa shape index (κ3) is 4.36. The molecule has 1 aromatic rings. The predicted molar refractivity (Wildman–Crippen MR) is 69.5 cm³/mol. The van der Waals surface area contributed by atoms with Crippen LogP contribution in [0.5, 0.6) is 0 Å². The molecule has 0 radical (unpaired) electrons. The zero-order chi connectivity index (χ0) is 12.0. The Balaban J connectivity index is 2.42. The van der Waals surface area contributed by atoms with Crippen LogP contribution in [-0.2, 0) is 0 Å². The number of aliphatic hydroxyl groups is 1. The Morgan fingerprint density at radius 2 is 1.56 bits per heavy atom. The lowest BCUT2D eigenvalue weighted by atomic mass is 9.86. The lowest BCUT2D eigenvalue weighted by Gasteiger charge is -2.19. The monoisotopic (exact) mass is 220 g/mol. The summed E-state index contributed by atoms with van der Waals surface area (Å²) in [7, 11) is 0. The summed E-state index contributed by atoms with van der Waals surface area (Å²) in [5, 5.41) is 9.03. The minimum absolute atomic E-state index is 0.310. The highest BCUT2D eigenvalue weighted by molar-refractivity contribution is 5.18. The molecule has 0 unspecified atom stereocenters. The number of benzene rings is 1. The van der Waals surface area contributed by atoms with Crippen molar-refractivity contribution in [1.82, 2.24) is 0 Å². The Morgan fingerprint density at radius 1 is 0.938 bits per heavy atom. The van der Waals surface area contributed by atoms with Crippen LogP contribution in [0.2, 0.25) is 0 Å². The lowest BCUT2D eigenvalue weighted by Crippen LogP contribution is -2.09. The van der Waals surface area contributed by atoms with Gasteiger partial charge in [0.2, 0.25) is 0 Å². The predicted octanol–water partition coefficient (Wildman–Crippen LogP) is 3.83. The van der Waals surface area contributed by atoms with Gasteiger partial charge in [-0.1, -0.05) is 51.1 Å². The highest BCUT2D eigenvalue weighted by Gasteiger charge is 2.13. The van der Waals surface area contributed by atoms with Crippen molar-refractivity contribution in [3.05, 3.63) is 35.9 Å². The number of rotatable bonds is 6. The van der Waals surface area contributed by atoms with E-state index in [9.17, 15) is 0 Å². The van der Waals surface area contributed by atoms with E-state index in [2.05, 4.69) is 51.1 Å². The molecule has 1 heteroatoms. The van der Waals surface area contributed by atoms with Crippen LogP contribution in [0.25, 0.3) is 0 Å². The maximum atomic E-state index is 9.03. The topological polar surface area (TPSA) is 20.2 Å². The van der Waals surface area contributed by atoms with Gasteiger partial charge >= 0.3 is 0 Å². The van der Waals surface area contributed by atoms with E-state index in [1.807, 2.05) is 0 Å². The van der Waals surface area contributed by atoms with Crippen molar-refractivity contribution < 1.29 is 5.11 Å². The summed E-state index contributed by atoms with van der Waals surface area (Å²) in [4.78, 5) is 0. The Morgan fingerprint density at radius 3 is 2.12 bits per heavy atom. The van der Waals surface area contributed by atoms with E-state index in [1.54, 1.807) is 0 Å². The zero-order valence-corrected chi connectivity index (χ0v) is 10.7. The van der Waals surface area contributed by atoms with Crippen molar-refractivity contribution in [1.29, 1.82) is 0 Å². The van der Waals surface area contributed by atoms with E-state index in [1.165, 1.54) is 12.0 Å². The molecular weight excluding hydrogens is 196 g/mol. The van der Waals surface area contributed by atoms with E-state index in [0.29, 0.717) is 24.4 Å². The molecule has 0 aliphatic carbocycles. The van der Waals surface area contributed by atoms with Crippen molar-refractivity contribution in [2.24, 2.45) is 11.8 Å². The summed E-state index contributed by atoms with van der Waals surface area (Å²) >= 11 is 0. The van der Waals surface area contributed by atoms with Gasteiger partial charge in [0.05, 0.1) is 0 Å². The minimum atomic E-state index is 0.310. The second kappa shape index (κ2) is 6.70. The molecule has 0 saturated carbocycles. The molecule has 0 aromatic heterocycles. The SMILES string of the molecule is C[C@@H](CO)C[C@H](C)C[C@H](C)c1ccccc1. The normalized spacial score (nSPS) is 16.8. The van der Waals surface area contributed by atoms with E-state index in [-0.39, 0.29) is 0 Å². The molecule has 90 valence electrons. The zero-order valence-electron chi connectivity index (χ0n) is 10.7. The summed E-state index contributed by atoms with van der Waals surface area (Å²) in [6.07, 6.45) is 2.32. The van der Waals surface area contributed by atoms with Crippen molar-refractivity contribution in [2.75, 3.05) is 6.61 Å². The maximum Gasteiger partial charge on any atom is 0.0456 e. The highest BCUT2D eigenvalue weighted by Crippen LogP contribution is 2.26. The molecule has 0 spiro atoms.